The second-order valence-electron chi connectivity index (χ2n) is 8.26. The van der Waals surface area contributed by atoms with E-state index in [9.17, 15) is 14.0 Å². The van der Waals surface area contributed by atoms with Crippen molar-refractivity contribution < 1.29 is 14.0 Å². The normalized spacial score (nSPS) is 14.8. The molecule has 2 aromatic rings. The van der Waals surface area contributed by atoms with Gasteiger partial charge in [0.2, 0.25) is 11.8 Å². The van der Waals surface area contributed by atoms with E-state index in [1.807, 2.05) is 6.92 Å². The maximum absolute atomic E-state index is 13.4. The summed E-state index contributed by atoms with van der Waals surface area (Å²) in [5.41, 5.74) is 1.56. The van der Waals surface area contributed by atoms with Gasteiger partial charge in [-0.1, -0.05) is 61.2 Å². The van der Waals surface area contributed by atoms with Crippen LogP contribution in [0.3, 0.4) is 0 Å². The molecule has 2 aromatic carbocycles. The monoisotopic (exact) mass is 510 g/mol. The van der Waals surface area contributed by atoms with Gasteiger partial charge in [-0.05, 0) is 54.7 Å². The highest BCUT2D eigenvalue weighted by Gasteiger charge is 2.30. The minimum absolute atomic E-state index is 0.126. The van der Waals surface area contributed by atoms with Gasteiger partial charge in [-0.15, -0.1) is 11.8 Å². The van der Waals surface area contributed by atoms with Crippen molar-refractivity contribution in [2.45, 2.75) is 63.4 Å². The molecule has 1 atom stereocenters. The molecule has 33 heavy (non-hydrogen) atoms. The Morgan fingerprint density at radius 3 is 2.36 bits per heavy atom. The number of amides is 2. The summed E-state index contributed by atoms with van der Waals surface area (Å²) in [5.74, 6) is 0.0464. The van der Waals surface area contributed by atoms with E-state index in [1.165, 1.54) is 23.9 Å². The Labute approximate surface area is 209 Å². The van der Waals surface area contributed by atoms with Gasteiger partial charge < -0.3 is 10.2 Å². The average Bonchev–Trinajstić information content (AvgIpc) is 3.30. The molecule has 0 saturated heterocycles. The van der Waals surface area contributed by atoms with Crippen LogP contribution < -0.4 is 5.32 Å². The van der Waals surface area contributed by atoms with Crippen LogP contribution in [0.2, 0.25) is 10.0 Å². The minimum atomic E-state index is -0.590. The molecule has 4 nitrogen and oxygen atoms in total. The third-order valence-electron chi connectivity index (χ3n) is 5.89. The molecule has 0 heterocycles. The molecule has 8 heteroatoms. The molecule has 1 aliphatic rings. The van der Waals surface area contributed by atoms with Crippen molar-refractivity contribution in [3.8, 4) is 0 Å². The fraction of sp³-hybridized carbons (Fsp3) is 0.440. The van der Waals surface area contributed by atoms with Gasteiger partial charge in [0.05, 0.1) is 5.75 Å². The number of carbonyl (C=O) groups excluding carboxylic acids is 2. The fourth-order valence-corrected chi connectivity index (χ4v) is 5.71. The van der Waals surface area contributed by atoms with Crippen molar-refractivity contribution in [1.82, 2.24) is 10.2 Å². The lowest BCUT2D eigenvalue weighted by Crippen LogP contribution is -2.51. The molecule has 1 fully saturated rings. The lowest BCUT2D eigenvalue weighted by molar-refractivity contribution is -0.139. The molecule has 178 valence electrons. The number of thioether (sulfide) groups is 1. The lowest BCUT2D eigenvalue weighted by Gasteiger charge is -2.31. The zero-order valence-electron chi connectivity index (χ0n) is 18.7. The summed E-state index contributed by atoms with van der Waals surface area (Å²) in [4.78, 5) is 28.0. The number of benzene rings is 2. The summed E-state index contributed by atoms with van der Waals surface area (Å²) in [6, 6.07) is 10.9. The fourth-order valence-electron chi connectivity index (χ4n) is 4.07. The number of rotatable bonds is 10. The average molecular weight is 511 g/mol. The van der Waals surface area contributed by atoms with Crippen LogP contribution in [0.4, 0.5) is 4.39 Å². The molecule has 1 aliphatic carbocycles. The van der Waals surface area contributed by atoms with E-state index in [2.05, 4.69) is 5.32 Å². The Bertz CT molecular complexity index is 932. The molecule has 0 unspecified atom stereocenters. The molecule has 2 amide bonds. The summed E-state index contributed by atoms with van der Waals surface area (Å²) >= 11 is 13.9. The van der Waals surface area contributed by atoms with Crippen LogP contribution in [0.1, 0.15) is 50.2 Å². The molecule has 3 rings (SSSR count). The van der Waals surface area contributed by atoms with Gasteiger partial charge in [-0.25, -0.2) is 4.39 Å². The van der Waals surface area contributed by atoms with E-state index in [4.69, 9.17) is 23.2 Å². The summed E-state index contributed by atoms with van der Waals surface area (Å²) < 4.78 is 13.4. The summed E-state index contributed by atoms with van der Waals surface area (Å²) in [6.45, 7) is 2.14. The lowest BCUT2D eigenvalue weighted by atomic mass is 10.1. The van der Waals surface area contributed by atoms with E-state index >= 15 is 0 Å². The third-order valence-corrected chi connectivity index (χ3v) is 7.54. The zero-order chi connectivity index (χ0) is 23.8. The number of nitrogens with one attached hydrogen (secondary N) is 1. The van der Waals surface area contributed by atoms with E-state index in [1.54, 1.807) is 35.2 Å². The molecule has 0 bridgehead atoms. The first-order valence-electron chi connectivity index (χ1n) is 11.2. The Balaban J connectivity index is 1.72. The summed E-state index contributed by atoms with van der Waals surface area (Å²) in [5, 5.41) is 4.25. The molecule has 1 N–H and O–H groups in total. The number of hydrogen-bond acceptors (Lipinski definition) is 3. The Kier molecular flexibility index (Phi) is 9.90. The van der Waals surface area contributed by atoms with Gasteiger partial charge in [0, 0.05) is 28.4 Å². The van der Waals surface area contributed by atoms with Gasteiger partial charge >= 0.3 is 0 Å². The molecular weight excluding hydrogens is 482 g/mol. The smallest absolute Gasteiger partial charge is 0.243 e. The van der Waals surface area contributed by atoms with Crippen molar-refractivity contribution in [2.24, 2.45) is 0 Å². The predicted molar refractivity (Wildman–Crippen MR) is 134 cm³/mol. The van der Waals surface area contributed by atoms with Gasteiger partial charge in [0.1, 0.15) is 11.9 Å². The van der Waals surface area contributed by atoms with Gasteiger partial charge in [0.25, 0.3) is 0 Å². The van der Waals surface area contributed by atoms with E-state index in [0.717, 1.165) is 36.8 Å². The number of carbonyl (C=O) groups is 2. The third kappa shape index (κ3) is 7.36. The maximum atomic E-state index is 13.4. The highest BCUT2D eigenvalue weighted by Crippen LogP contribution is 2.28. The predicted octanol–water partition coefficient (Wildman–Crippen LogP) is 6.23. The number of nitrogens with zero attached hydrogens (tertiary/aromatic N) is 1. The van der Waals surface area contributed by atoms with Crippen molar-refractivity contribution in [3.05, 3.63) is 69.5 Å². The van der Waals surface area contributed by atoms with Crippen LogP contribution in [0.25, 0.3) is 0 Å². The Morgan fingerprint density at radius 2 is 1.76 bits per heavy atom. The highest BCUT2D eigenvalue weighted by atomic mass is 35.5. The second-order valence-corrected chi connectivity index (χ2v) is 10.1. The largest absolute Gasteiger partial charge is 0.352 e. The first-order valence-corrected chi connectivity index (χ1v) is 13.1. The first kappa shape index (κ1) is 25.9. The Morgan fingerprint density at radius 1 is 1.12 bits per heavy atom. The Hall–Kier alpha value is -1.76. The van der Waals surface area contributed by atoms with Crippen molar-refractivity contribution >= 4 is 46.8 Å². The van der Waals surface area contributed by atoms with E-state index < -0.39 is 6.04 Å². The van der Waals surface area contributed by atoms with E-state index in [0.29, 0.717) is 22.2 Å². The molecule has 1 saturated carbocycles. The van der Waals surface area contributed by atoms with Crippen LogP contribution in [-0.2, 0) is 21.9 Å². The van der Waals surface area contributed by atoms with Gasteiger partial charge in [-0.3, -0.25) is 9.59 Å². The van der Waals surface area contributed by atoms with Crippen LogP contribution >= 0.6 is 35.0 Å². The molecule has 0 aliphatic heterocycles. The van der Waals surface area contributed by atoms with Gasteiger partial charge in [0.15, 0.2) is 0 Å². The minimum Gasteiger partial charge on any atom is -0.352 e. The molecule has 0 aromatic heterocycles. The van der Waals surface area contributed by atoms with Crippen LogP contribution in [0.15, 0.2) is 42.5 Å². The van der Waals surface area contributed by atoms with Gasteiger partial charge in [-0.2, -0.15) is 0 Å². The standard InChI is InChI=1S/C25H29Cl2FN2O2S/c1-2-23(25(32)29-19-6-3-4-7-19)30(14-17-10-12-18(28)13-11-17)24(31)16-33-15-20-21(26)8-5-9-22(20)27/h5,8-13,19,23H,2-4,6-7,14-16H2,1H3,(H,29,32)/t23-/m1/s1. The van der Waals surface area contributed by atoms with Crippen molar-refractivity contribution in [1.29, 1.82) is 0 Å². The maximum Gasteiger partial charge on any atom is 0.243 e. The molecule has 0 radical (unpaired) electrons. The van der Waals surface area contributed by atoms with Crippen molar-refractivity contribution in [3.63, 3.8) is 0 Å². The number of halogens is 3. The van der Waals surface area contributed by atoms with Crippen molar-refractivity contribution in [2.75, 3.05) is 5.75 Å². The first-order chi connectivity index (χ1) is 15.9. The van der Waals surface area contributed by atoms with E-state index in [-0.39, 0.29) is 36.0 Å². The van der Waals surface area contributed by atoms with Crippen LogP contribution in [0, 0.1) is 5.82 Å². The highest BCUT2D eigenvalue weighted by molar-refractivity contribution is 7.99. The van der Waals surface area contributed by atoms with Crippen LogP contribution in [0.5, 0.6) is 0 Å². The quantitative estimate of drug-likeness (QED) is 0.411. The number of hydrogen-bond donors (Lipinski definition) is 1. The SMILES string of the molecule is CC[C@H](C(=O)NC1CCCC1)N(Cc1ccc(F)cc1)C(=O)CSCc1c(Cl)cccc1Cl. The molecule has 0 spiro atoms. The second kappa shape index (κ2) is 12.6. The molecular formula is C25H29Cl2FN2O2S. The van der Waals surface area contributed by atoms with Crippen LogP contribution in [-0.4, -0.2) is 34.6 Å². The summed E-state index contributed by atoms with van der Waals surface area (Å²) in [7, 11) is 0. The summed E-state index contributed by atoms with van der Waals surface area (Å²) in [6.07, 6.45) is 4.67. The zero-order valence-corrected chi connectivity index (χ0v) is 21.0. The topological polar surface area (TPSA) is 49.4 Å².